The largest absolute Gasteiger partial charge is 0.495 e. The van der Waals surface area contributed by atoms with Gasteiger partial charge in [0.25, 0.3) is 5.91 Å². The van der Waals surface area contributed by atoms with Crippen LogP contribution in [0.2, 0.25) is 0 Å². The second kappa shape index (κ2) is 9.95. The highest BCUT2D eigenvalue weighted by Crippen LogP contribution is 2.28. The minimum Gasteiger partial charge on any atom is -0.495 e. The molecule has 8 heteroatoms. The van der Waals surface area contributed by atoms with Crippen LogP contribution >= 0.6 is 0 Å². The Labute approximate surface area is 178 Å². The van der Waals surface area contributed by atoms with E-state index in [4.69, 9.17) is 9.47 Å². The van der Waals surface area contributed by atoms with Gasteiger partial charge in [0.2, 0.25) is 10.0 Å². The van der Waals surface area contributed by atoms with E-state index in [1.165, 1.54) is 25.3 Å². The number of carbonyl (C=O) groups excluding carboxylic acids is 1. The molecular weight excluding hydrogens is 404 g/mol. The number of sulfonamides is 1. The molecular formula is C22H30N2O5S. The van der Waals surface area contributed by atoms with E-state index in [1.807, 2.05) is 39.0 Å². The highest BCUT2D eigenvalue weighted by molar-refractivity contribution is 7.89. The number of rotatable bonds is 9. The Bertz CT molecular complexity index is 1000. The Morgan fingerprint density at radius 3 is 2.33 bits per heavy atom. The second-order valence-electron chi connectivity index (χ2n) is 7.39. The molecule has 0 spiro atoms. The van der Waals surface area contributed by atoms with Gasteiger partial charge in [-0.2, -0.15) is 0 Å². The van der Waals surface area contributed by atoms with Crippen LogP contribution in [-0.2, 0) is 14.8 Å². The maximum absolute atomic E-state index is 12.9. The van der Waals surface area contributed by atoms with Crippen molar-refractivity contribution in [2.75, 3.05) is 12.4 Å². The number of hydrogen-bond acceptors (Lipinski definition) is 5. The highest BCUT2D eigenvalue weighted by Gasteiger charge is 2.22. The first kappa shape index (κ1) is 23.7. The van der Waals surface area contributed by atoms with Gasteiger partial charge in [0, 0.05) is 6.04 Å². The Hall–Kier alpha value is -2.58. The monoisotopic (exact) mass is 434 g/mol. The number of ether oxygens (including phenoxy) is 2. The maximum atomic E-state index is 12.9. The number of benzene rings is 2. The lowest BCUT2D eigenvalue weighted by Crippen LogP contribution is -2.33. The van der Waals surface area contributed by atoms with Crippen molar-refractivity contribution in [3.8, 4) is 11.5 Å². The Kier molecular flexibility index (Phi) is 7.86. The van der Waals surface area contributed by atoms with Crippen molar-refractivity contribution in [3.63, 3.8) is 0 Å². The smallest absolute Gasteiger partial charge is 0.265 e. The first-order chi connectivity index (χ1) is 14.1. The fourth-order valence-electron chi connectivity index (χ4n) is 2.82. The molecule has 0 heterocycles. The Morgan fingerprint density at radius 2 is 1.77 bits per heavy atom. The summed E-state index contributed by atoms with van der Waals surface area (Å²) in [4.78, 5) is 12.9. The second-order valence-corrected chi connectivity index (χ2v) is 9.10. The van der Waals surface area contributed by atoms with Crippen LogP contribution in [0.3, 0.4) is 0 Å². The van der Waals surface area contributed by atoms with E-state index in [1.54, 1.807) is 13.8 Å². The number of amides is 1. The summed E-state index contributed by atoms with van der Waals surface area (Å²) in [5.74, 6) is 0.567. The molecule has 0 unspecified atom stereocenters. The predicted octanol–water partition coefficient (Wildman–Crippen LogP) is 3.79. The van der Waals surface area contributed by atoms with Crippen LogP contribution in [0.15, 0.2) is 41.3 Å². The summed E-state index contributed by atoms with van der Waals surface area (Å²) in [5, 5.41) is 2.74. The van der Waals surface area contributed by atoms with Gasteiger partial charge in [-0.1, -0.05) is 13.0 Å². The molecule has 0 aliphatic heterocycles. The number of aryl methyl sites for hydroxylation is 2. The van der Waals surface area contributed by atoms with Crippen molar-refractivity contribution in [1.82, 2.24) is 4.72 Å². The zero-order chi connectivity index (χ0) is 22.5. The van der Waals surface area contributed by atoms with E-state index in [9.17, 15) is 13.2 Å². The van der Waals surface area contributed by atoms with E-state index in [0.29, 0.717) is 17.9 Å². The molecule has 7 nitrogen and oxygen atoms in total. The van der Waals surface area contributed by atoms with Crippen molar-refractivity contribution in [3.05, 3.63) is 47.5 Å². The molecule has 0 radical (unpaired) electrons. The molecule has 0 aliphatic carbocycles. The Balaban J connectivity index is 2.26. The average Bonchev–Trinajstić information content (AvgIpc) is 2.67. The third-order valence-electron chi connectivity index (χ3n) is 4.55. The average molecular weight is 435 g/mol. The normalized spacial score (nSPS) is 12.5. The van der Waals surface area contributed by atoms with Crippen LogP contribution in [-0.4, -0.2) is 33.6 Å². The Morgan fingerprint density at radius 1 is 1.07 bits per heavy atom. The zero-order valence-corrected chi connectivity index (χ0v) is 19.1. The number of methoxy groups -OCH3 is 1. The van der Waals surface area contributed by atoms with Crippen LogP contribution in [0, 0.1) is 13.8 Å². The molecule has 2 aromatic rings. The van der Waals surface area contributed by atoms with Gasteiger partial charge in [0.05, 0.1) is 17.7 Å². The van der Waals surface area contributed by atoms with Gasteiger partial charge in [-0.25, -0.2) is 13.1 Å². The summed E-state index contributed by atoms with van der Waals surface area (Å²) in [5.41, 5.74) is 2.47. The third-order valence-corrected chi connectivity index (χ3v) is 6.21. The number of nitrogens with one attached hydrogen (secondary N) is 2. The molecule has 164 valence electrons. The van der Waals surface area contributed by atoms with Crippen molar-refractivity contribution >= 4 is 21.6 Å². The van der Waals surface area contributed by atoms with Crippen LogP contribution in [0.1, 0.15) is 38.3 Å². The van der Waals surface area contributed by atoms with Gasteiger partial charge >= 0.3 is 0 Å². The van der Waals surface area contributed by atoms with Crippen molar-refractivity contribution in [1.29, 1.82) is 0 Å². The van der Waals surface area contributed by atoms with Crippen LogP contribution < -0.4 is 19.5 Å². The molecule has 0 aliphatic rings. The fraction of sp³-hybridized carbons (Fsp3) is 0.409. The summed E-state index contributed by atoms with van der Waals surface area (Å²) >= 11 is 0. The minimum atomic E-state index is -3.71. The van der Waals surface area contributed by atoms with Crippen LogP contribution in [0.5, 0.6) is 11.5 Å². The lowest BCUT2D eigenvalue weighted by atomic mass is 10.1. The van der Waals surface area contributed by atoms with Gasteiger partial charge in [-0.3, -0.25) is 4.79 Å². The molecule has 0 saturated heterocycles. The summed E-state index contributed by atoms with van der Waals surface area (Å²) in [6.07, 6.45) is -0.306. The van der Waals surface area contributed by atoms with E-state index >= 15 is 0 Å². The fourth-order valence-corrected chi connectivity index (χ4v) is 4.09. The molecule has 2 rings (SSSR count). The zero-order valence-electron chi connectivity index (χ0n) is 18.3. The molecule has 1 amide bonds. The molecule has 0 bridgehead atoms. The van der Waals surface area contributed by atoms with Gasteiger partial charge in [0.1, 0.15) is 11.5 Å². The summed E-state index contributed by atoms with van der Waals surface area (Å²) < 4.78 is 38.6. The van der Waals surface area contributed by atoms with Crippen molar-refractivity contribution in [2.45, 2.75) is 58.1 Å². The third kappa shape index (κ3) is 5.96. The van der Waals surface area contributed by atoms with Crippen molar-refractivity contribution in [2.24, 2.45) is 0 Å². The molecule has 1 atom stereocenters. The lowest BCUT2D eigenvalue weighted by Gasteiger charge is -2.19. The lowest BCUT2D eigenvalue weighted by molar-refractivity contribution is -0.122. The molecule has 0 saturated carbocycles. The van der Waals surface area contributed by atoms with E-state index < -0.39 is 16.1 Å². The summed E-state index contributed by atoms with van der Waals surface area (Å²) in [7, 11) is -2.26. The number of hydrogen-bond donors (Lipinski definition) is 2. The van der Waals surface area contributed by atoms with Gasteiger partial charge < -0.3 is 14.8 Å². The van der Waals surface area contributed by atoms with Crippen LogP contribution in [0.25, 0.3) is 0 Å². The maximum Gasteiger partial charge on any atom is 0.265 e. The summed E-state index contributed by atoms with van der Waals surface area (Å²) in [6.45, 7) is 9.30. The van der Waals surface area contributed by atoms with Crippen LogP contribution in [0.4, 0.5) is 5.69 Å². The number of carbonyl (C=O) groups is 1. The predicted molar refractivity (Wildman–Crippen MR) is 118 cm³/mol. The van der Waals surface area contributed by atoms with Gasteiger partial charge in [-0.15, -0.1) is 0 Å². The molecule has 30 heavy (non-hydrogen) atoms. The van der Waals surface area contributed by atoms with E-state index in [2.05, 4.69) is 10.0 Å². The summed E-state index contributed by atoms with van der Waals surface area (Å²) in [6, 6.07) is 9.71. The first-order valence-electron chi connectivity index (χ1n) is 9.82. The van der Waals surface area contributed by atoms with Crippen molar-refractivity contribution < 1.29 is 22.7 Å². The molecule has 0 aromatic heterocycles. The standard InChI is InChI=1S/C22H30N2O5S/c1-7-20(29-17-9-8-15(4)16(5)12-17)22(25)23-19-13-18(10-11-21(19)28-6)30(26,27)24-14(2)3/h8-14,20,24H,7H2,1-6H3,(H,23,25)/t20-/m1/s1. The van der Waals surface area contributed by atoms with Gasteiger partial charge in [-0.05, 0) is 75.6 Å². The highest BCUT2D eigenvalue weighted by atomic mass is 32.2. The molecule has 2 aromatic carbocycles. The van der Waals surface area contributed by atoms with E-state index in [-0.39, 0.29) is 22.5 Å². The molecule has 2 N–H and O–H groups in total. The SMILES string of the molecule is CC[C@@H](Oc1ccc(C)c(C)c1)C(=O)Nc1cc(S(=O)(=O)NC(C)C)ccc1OC. The quantitative estimate of drug-likeness (QED) is 0.626. The first-order valence-corrected chi connectivity index (χ1v) is 11.3. The number of anilines is 1. The molecule has 0 fully saturated rings. The topological polar surface area (TPSA) is 93.7 Å². The van der Waals surface area contributed by atoms with E-state index in [0.717, 1.165) is 11.1 Å². The van der Waals surface area contributed by atoms with Gasteiger partial charge in [0.15, 0.2) is 6.10 Å². The minimum absolute atomic E-state index is 0.0374.